The molecule has 5 heteroatoms. The molecule has 1 saturated heterocycles. The van der Waals surface area contributed by atoms with E-state index >= 15 is 0 Å². The summed E-state index contributed by atoms with van der Waals surface area (Å²) in [6, 6.07) is 11.8. The Morgan fingerprint density at radius 1 is 1.25 bits per heavy atom. The van der Waals surface area contributed by atoms with Crippen molar-refractivity contribution in [3.63, 3.8) is 0 Å². The average molecular weight is 326 g/mol. The number of carbonyl (C=O) groups excluding carboxylic acids is 2. The number of aryl methyl sites for hydroxylation is 1. The van der Waals surface area contributed by atoms with Crippen molar-refractivity contribution < 1.29 is 14.0 Å². The van der Waals surface area contributed by atoms with Crippen LogP contribution in [0.4, 0.5) is 10.1 Å². The summed E-state index contributed by atoms with van der Waals surface area (Å²) in [6.45, 7) is 3.04. The molecule has 2 aromatic carbocycles. The number of nitrogens with one attached hydrogen (secondary N) is 1. The Kier molecular flexibility index (Phi) is 4.60. The van der Waals surface area contributed by atoms with Gasteiger partial charge in [-0.05, 0) is 48.7 Å². The molecular formula is C19H19FN2O2. The number of benzene rings is 2. The average Bonchev–Trinajstić information content (AvgIpc) is 2.95. The van der Waals surface area contributed by atoms with Crippen LogP contribution < -0.4 is 5.32 Å². The number of nitrogens with zero attached hydrogens (tertiary/aromatic N) is 1. The lowest BCUT2D eigenvalue weighted by atomic mass is 10.1. The number of rotatable bonds is 4. The molecule has 1 heterocycles. The summed E-state index contributed by atoms with van der Waals surface area (Å²) >= 11 is 0. The second kappa shape index (κ2) is 6.83. The minimum Gasteiger partial charge on any atom is -0.338 e. The molecule has 2 amide bonds. The third-order valence-electron chi connectivity index (χ3n) is 4.11. The van der Waals surface area contributed by atoms with Gasteiger partial charge in [-0.1, -0.05) is 18.2 Å². The van der Waals surface area contributed by atoms with Gasteiger partial charge in [0.1, 0.15) is 5.82 Å². The number of hydrogen-bond acceptors (Lipinski definition) is 2. The van der Waals surface area contributed by atoms with Crippen molar-refractivity contribution in [1.82, 2.24) is 4.90 Å². The van der Waals surface area contributed by atoms with Crippen LogP contribution in [0, 0.1) is 12.7 Å². The number of likely N-dealkylation sites (tertiary alicyclic amines) is 1. The van der Waals surface area contributed by atoms with Crippen molar-refractivity contribution in [2.75, 3.05) is 11.9 Å². The fourth-order valence-electron chi connectivity index (χ4n) is 2.82. The van der Waals surface area contributed by atoms with E-state index in [9.17, 15) is 14.0 Å². The van der Waals surface area contributed by atoms with Gasteiger partial charge in [0.15, 0.2) is 0 Å². The molecule has 0 aromatic heterocycles. The van der Waals surface area contributed by atoms with E-state index in [2.05, 4.69) is 5.32 Å². The Morgan fingerprint density at radius 2 is 2.08 bits per heavy atom. The first-order chi connectivity index (χ1) is 11.5. The summed E-state index contributed by atoms with van der Waals surface area (Å²) in [5.41, 5.74) is 2.29. The van der Waals surface area contributed by atoms with Gasteiger partial charge in [0.2, 0.25) is 5.91 Å². The van der Waals surface area contributed by atoms with Gasteiger partial charge in [0.25, 0.3) is 5.91 Å². The van der Waals surface area contributed by atoms with Gasteiger partial charge in [-0.3, -0.25) is 9.59 Å². The molecule has 1 N–H and O–H groups in total. The highest BCUT2D eigenvalue weighted by atomic mass is 19.1. The molecule has 0 aliphatic carbocycles. The van der Waals surface area contributed by atoms with Gasteiger partial charge in [-0.25, -0.2) is 4.39 Å². The molecule has 2 aromatic rings. The van der Waals surface area contributed by atoms with Crippen LogP contribution in [0.5, 0.6) is 0 Å². The quantitative estimate of drug-likeness (QED) is 0.935. The molecule has 24 heavy (non-hydrogen) atoms. The monoisotopic (exact) mass is 326 g/mol. The maximum absolute atomic E-state index is 13.9. The molecule has 0 saturated carbocycles. The molecular weight excluding hydrogens is 307 g/mol. The minimum absolute atomic E-state index is 0.145. The Labute approximate surface area is 140 Å². The predicted molar refractivity (Wildman–Crippen MR) is 90.2 cm³/mol. The lowest BCUT2D eigenvalue weighted by molar-refractivity contribution is -0.128. The van der Waals surface area contributed by atoms with Gasteiger partial charge in [0, 0.05) is 25.1 Å². The molecule has 1 fully saturated rings. The normalized spacial score (nSPS) is 14.1. The number of carbonyl (C=O) groups is 2. The molecule has 124 valence electrons. The zero-order valence-electron chi connectivity index (χ0n) is 13.5. The zero-order valence-corrected chi connectivity index (χ0v) is 13.5. The molecule has 3 rings (SSSR count). The SMILES string of the molecule is Cc1ccc(NC(=O)c2cccc(CN3CCCC3=O)c2)c(F)c1. The standard InChI is InChI=1S/C19H19FN2O2/c1-13-7-8-17(16(20)10-13)21-19(24)15-5-2-4-14(11-15)12-22-9-3-6-18(22)23/h2,4-5,7-8,10-11H,3,6,9,12H2,1H3,(H,21,24). The first-order valence-electron chi connectivity index (χ1n) is 7.97. The second-order valence-electron chi connectivity index (χ2n) is 6.06. The third kappa shape index (κ3) is 3.62. The van der Waals surface area contributed by atoms with Crippen LogP contribution in [0.15, 0.2) is 42.5 Å². The summed E-state index contributed by atoms with van der Waals surface area (Å²) in [4.78, 5) is 25.8. The lowest BCUT2D eigenvalue weighted by Gasteiger charge is -2.16. The second-order valence-corrected chi connectivity index (χ2v) is 6.06. The molecule has 0 atom stereocenters. The molecule has 1 aliphatic heterocycles. The lowest BCUT2D eigenvalue weighted by Crippen LogP contribution is -2.24. The Morgan fingerprint density at radius 3 is 2.79 bits per heavy atom. The van der Waals surface area contributed by atoms with E-state index in [4.69, 9.17) is 0 Å². The van der Waals surface area contributed by atoms with Gasteiger partial charge < -0.3 is 10.2 Å². The van der Waals surface area contributed by atoms with E-state index < -0.39 is 5.82 Å². The summed E-state index contributed by atoms with van der Waals surface area (Å²) in [5, 5.41) is 2.59. The summed E-state index contributed by atoms with van der Waals surface area (Å²) in [6.07, 6.45) is 1.47. The zero-order chi connectivity index (χ0) is 17.1. The van der Waals surface area contributed by atoms with E-state index in [1.165, 1.54) is 6.07 Å². The molecule has 4 nitrogen and oxygen atoms in total. The summed E-state index contributed by atoms with van der Waals surface area (Å²) in [7, 11) is 0. The molecule has 0 spiro atoms. The highest BCUT2D eigenvalue weighted by Gasteiger charge is 2.20. The smallest absolute Gasteiger partial charge is 0.255 e. The third-order valence-corrected chi connectivity index (χ3v) is 4.11. The van der Waals surface area contributed by atoms with Crippen LogP contribution in [0.25, 0.3) is 0 Å². The van der Waals surface area contributed by atoms with Gasteiger partial charge in [-0.15, -0.1) is 0 Å². The number of anilines is 1. The topological polar surface area (TPSA) is 49.4 Å². The molecule has 0 unspecified atom stereocenters. The van der Waals surface area contributed by atoms with Gasteiger partial charge in [-0.2, -0.15) is 0 Å². The van der Waals surface area contributed by atoms with Crippen molar-refractivity contribution in [3.8, 4) is 0 Å². The van der Waals surface area contributed by atoms with Crippen molar-refractivity contribution in [3.05, 3.63) is 65.0 Å². The van der Waals surface area contributed by atoms with Crippen molar-refractivity contribution in [2.24, 2.45) is 0 Å². The van der Waals surface area contributed by atoms with E-state index in [0.717, 1.165) is 24.1 Å². The maximum atomic E-state index is 13.9. The van der Waals surface area contributed by atoms with Crippen molar-refractivity contribution >= 4 is 17.5 Å². The van der Waals surface area contributed by atoms with Crippen LogP contribution >= 0.6 is 0 Å². The largest absolute Gasteiger partial charge is 0.338 e. The van der Waals surface area contributed by atoms with Gasteiger partial charge >= 0.3 is 0 Å². The fraction of sp³-hybridized carbons (Fsp3) is 0.263. The van der Waals surface area contributed by atoms with E-state index in [1.807, 2.05) is 6.07 Å². The van der Waals surface area contributed by atoms with E-state index in [0.29, 0.717) is 18.5 Å². The highest BCUT2D eigenvalue weighted by Crippen LogP contribution is 2.18. The molecule has 0 bridgehead atoms. The number of halogens is 1. The maximum Gasteiger partial charge on any atom is 0.255 e. The van der Waals surface area contributed by atoms with E-state index in [-0.39, 0.29) is 17.5 Å². The Bertz CT molecular complexity index is 789. The van der Waals surface area contributed by atoms with E-state index in [1.54, 1.807) is 42.2 Å². The fourth-order valence-corrected chi connectivity index (χ4v) is 2.82. The van der Waals surface area contributed by atoms with Gasteiger partial charge in [0.05, 0.1) is 5.69 Å². The Hall–Kier alpha value is -2.69. The first-order valence-corrected chi connectivity index (χ1v) is 7.97. The van der Waals surface area contributed by atoms with Crippen LogP contribution in [0.1, 0.15) is 34.3 Å². The van der Waals surface area contributed by atoms with Crippen LogP contribution in [-0.2, 0) is 11.3 Å². The van der Waals surface area contributed by atoms with Crippen LogP contribution in [-0.4, -0.2) is 23.3 Å². The van der Waals surface area contributed by atoms with Crippen molar-refractivity contribution in [1.29, 1.82) is 0 Å². The first kappa shape index (κ1) is 16.2. The molecule has 0 radical (unpaired) electrons. The number of amides is 2. The highest BCUT2D eigenvalue weighted by molar-refractivity contribution is 6.04. The van der Waals surface area contributed by atoms with Crippen LogP contribution in [0.2, 0.25) is 0 Å². The summed E-state index contributed by atoms with van der Waals surface area (Å²) in [5.74, 6) is -0.680. The molecule has 1 aliphatic rings. The predicted octanol–water partition coefficient (Wildman–Crippen LogP) is 3.51. The number of hydrogen-bond donors (Lipinski definition) is 1. The van der Waals surface area contributed by atoms with Crippen LogP contribution in [0.3, 0.4) is 0 Å². The Balaban J connectivity index is 1.73. The minimum atomic E-state index is -0.456. The summed E-state index contributed by atoms with van der Waals surface area (Å²) < 4.78 is 13.9. The van der Waals surface area contributed by atoms with Crippen molar-refractivity contribution in [2.45, 2.75) is 26.3 Å².